The number of hydrogen-bond acceptors (Lipinski definition) is 4. The Labute approximate surface area is 137 Å². The van der Waals surface area contributed by atoms with Gasteiger partial charge < -0.3 is 10.4 Å². The molecule has 8 heteroatoms. The lowest BCUT2D eigenvalue weighted by atomic mass is 9.75. The van der Waals surface area contributed by atoms with Crippen molar-refractivity contribution in [2.75, 3.05) is 0 Å². The standard InChI is InChI=1S/C16H18F2N4O2/c17-16(18,15(24)7-4-8-15)14(23)21-13(9-22-11-19-10-20-22)12-5-2-1-3-6-12/h1-3,5-6,10-11,13,24H,4,7-9H2,(H,21,23). The number of nitrogens with zero attached hydrogens (tertiary/aromatic N) is 3. The Morgan fingerprint density at radius 1 is 1.38 bits per heavy atom. The fourth-order valence-corrected chi connectivity index (χ4v) is 2.72. The van der Waals surface area contributed by atoms with Gasteiger partial charge in [-0.05, 0) is 24.8 Å². The molecule has 1 fully saturated rings. The van der Waals surface area contributed by atoms with Crippen molar-refractivity contribution < 1.29 is 18.7 Å². The summed E-state index contributed by atoms with van der Waals surface area (Å²) in [6.07, 6.45) is 3.11. The molecule has 1 unspecified atom stereocenters. The van der Waals surface area contributed by atoms with E-state index in [1.54, 1.807) is 30.3 Å². The van der Waals surface area contributed by atoms with Crippen molar-refractivity contribution in [1.82, 2.24) is 20.1 Å². The minimum absolute atomic E-state index is 0.0769. The minimum Gasteiger partial charge on any atom is -0.383 e. The van der Waals surface area contributed by atoms with Crippen LogP contribution in [0.2, 0.25) is 0 Å². The van der Waals surface area contributed by atoms with Crippen LogP contribution in [0.15, 0.2) is 43.0 Å². The van der Waals surface area contributed by atoms with Crippen LogP contribution in [0.3, 0.4) is 0 Å². The predicted molar refractivity (Wildman–Crippen MR) is 81.1 cm³/mol. The number of rotatable bonds is 6. The quantitative estimate of drug-likeness (QED) is 0.841. The Kier molecular flexibility index (Phi) is 4.31. The van der Waals surface area contributed by atoms with E-state index in [-0.39, 0.29) is 19.4 Å². The molecular weight excluding hydrogens is 318 g/mol. The molecule has 0 spiro atoms. The summed E-state index contributed by atoms with van der Waals surface area (Å²) in [6.45, 7) is 0.157. The van der Waals surface area contributed by atoms with Crippen molar-refractivity contribution in [3.05, 3.63) is 48.5 Å². The summed E-state index contributed by atoms with van der Waals surface area (Å²) in [5.41, 5.74) is -1.58. The van der Waals surface area contributed by atoms with Crippen LogP contribution in [-0.2, 0) is 11.3 Å². The molecule has 24 heavy (non-hydrogen) atoms. The third kappa shape index (κ3) is 3.01. The Hall–Kier alpha value is -2.35. The Balaban J connectivity index is 1.80. The molecule has 1 atom stereocenters. The van der Waals surface area contributed by atoms with Gasteiger partial charge >= 0.3 is 5.92 Å². The van der Waals surface area contributed by atoms with Gasteiger partial charge in [-0.1, -0.05) is 30.3 Å². The number of halogens is 2. The van der Waals surface area contributed by atoms with E-state index in [0.29, 0.717) is 12.0 Å². The van der Waals surface area contributed by atoms with Gasteiger partial charge in [0.05, 0.1) is 12.6 Å². The SMILES string of the molecule is O=C(NC(Cn1cncn1)c1ccccc1)C(F)(F)C1(O)CCC1. The summed E-state index contributed by atoms with van der Waals surface area (Å²) < 4.78 is 30.1. The predicted octanol–water partition coefficient (Wildman–Crippen LogP) is 1.69. The summed E-state index contributed by atoms with van der Waals surface area (Å²) >= 11 is 0. The van der Waals surface area contributed by atoms with Crippen molar-refractivity contribution in [3.63, 3.8) is 0 Å². The highest BCUT2D eigenvalue weighted by Crippen LogP contribution is 2.44. The zero-order chi connectivity index (χ0) is 17.2. The monoisotopic (exact) mass is 336 g/mol. The van der Waals surface area contributed by atoms with Crippen LogP contribution < -0.4 is 5.32 Å². The Morgan fingerprint density at radius 3 is 2.62 bits per heavy atom. The van der Waals surface area contributed by atoms with Crippen molar-refractivity contribution in [2.24, 2.45) is 0 Å². The van der Waals surface area contributed by atoms with E-state index in [0.717, 1.165) is 0 Å². The minimum atomic E-state index is -3.83. The summed E-state index contributed by atoms with van der Waals surface area (Å²) in [7, 11) is 0. The molecule has 2 aromatic rings. The summed E-state index contributed by atoms with van der Waals surface area (Å²) in [5, 5.41) is 16.2. The molecule has 1 heterocycles. The summed E-state index contributed by atoms with van der Waals surface area (Å²) in [5.74, 6) is -5.31. The first-order valence-electron chi connectivity index (χ1n) is 7.71. The lowest BCUT2D eigenvalue weighted by Crippen LogP contribution is -2.61. The molecule has 0 aliphatic heterocycles. The first-order valence-corrected chi connectivity index (χ1v) is 7.71. The second kappa shape index (κ2) is 6.27. The Morgan fingerprint density at radius 2 is 2.08 bits per heavy atom. The normalized spacial score (nSPS) is 17.8. The highest BCUT2D eigenvalue weighted by Gasteiger charge is 2.61. The molecule has 3 rings (SSSR count). The number of carbonyl (C=O) groups excluding carboxylic acids is 1. The molecule has 6 nitrogen and oxygen atoms in total. The highest BCUT2D eigenvalue weighted by molar-refractivity contribution is 5.85. The van der Waals surface area contributed by atoms with Crippen molar-refractivity contribution in [2.45, 2.75) is 43.4 Å². The van der Waals surface area contributed by atoms with Crippen LogP contribution in [0.5, 0.6) is 0 Å². The van der Waals surface area contributed by atoms with Gasteiger partial charge in [0, 0.05) is 0 Å². The third-order valence-electron chi connectivity index (χ3n) is 4.39. The van der Waals surface area contributed by atoms with E-state index in [9.17, 15) is 18.7 Å². The first-order chi connectivity index (χ1) is 11.4. The fourth-order valence-electron chi connectivity index (χ4n) is 2.72. The number of benzene rings is 1. The molecule has 1 amide bonds. The smallest absolute Gasteiger partial charge is 0.352 e. The number of aliphatic hydroxyl groups is 1. The molecule has 1 aliphatic carbocycles. The maximum Gasteiger partial charge on any atom is 0.352 e. The number of aromatic nitrogens is 3. The summed E-state index contributed by atoms with van der Waals surface area (Å²) in [6, 6.07) is 8.07. The number of hydrogen-bond donors (Lipinski definition) is 2. The average Bonchev–Trinajstić information content (AvgIpc) is 3.05. The number of nitrogens with one attached hydrogen (secondary N) is 1. The lowest BCUT2D eigenvalue weighted by molar-refractivity contribution is -0.216. The number of alkyl halides is 2. The van der Waals surface area contributed by atoms with Gasteiger partial charge in [0.25, 0.3) is 5.91 Å². The molecule has 1 aliphatic rings. The number of carbonyl (C=O) groups is 1. The molecular formula is C16H18F2N4O2. The van der Waals surface area contributed by atoms with E-state index in [2.05, 4.69) is 15.4 Å². The molecule has 128 valence electrons. The molecule has 2 N–H and O–H groups in total. The third-order valence-corrected chi connectivity index (χ3v) is 4.39. The van der Waals surface area contributed by atoms with Crippen LogP contribution in [0, 0.1) is 0 Å². The van der Waals surface area contributed by atoms with Gasteiger partial charge in [0.1, 0.15) is 18.3 Å². The van der Waals surface area contributed by atoms with E-state index in [1.165, 1.54) is 17.3 Å². The molecule has 1 aromatic carbocycles. The number of amides is 1. The molecule has 1 saturated carbocycles. The van der Waals surface area contributed by atoms with E-state index < -0.39 is 23.5 Å². The van der Waals surface area contributed by atoms with Crippen LogP contribution in [0.4, 0.5) is 8.78 Å². The molecule has 0 bridgehead atoms. The second-order valence-electron chi connectivity index (χ2n) is 6.01. The van der Waals surface area contributed by atoms with Crippen LogP contribution in [-0.4, -0.2) is 37.3 Å². The maximum absolute atomic E-state index is 14.3. The zero-order valence-corrected chi connectivity index (χ0v) is 12.9. The van der Waals surface area contributed by atoms with E-state index in [4.69, 9.17) is 0 Å². The van der Waals surface area contributed by atoms with E-state index in [1.807, 2.05) is 0 Å². The van der Waals surface area contributed by atoms with Crippen molar-refractivity contribution in [3.8, 4) is 0 Å². The van der Waals surface area contributed by atoms with Gasteiger partial charge in [-0.25, -0.2) is 4.98 Å². The van der Waals surface area contributed by atoms with Crippen LogP contribution in [0.25, 0.3) is 0 Å². The molecule has 0 saturated heterocycles. The zero-order valence-electron chi connectivity index (χ0n) is 12.9. The van der Waals surface area contributed by atoms with Gasteiger partial charge in [0.15, 0.2) is 0 Å². The van der Waals surface area contributed by atoms with Gasteiger partial charge in [0.2, 0.25) is 0 Å². The maximum atomic E-state index is 14.3. The first kappa shape index (κ1) is 16.5. The summed E-state index contributed by atoms with van der Waals surface area (Å²) in [4.78, 5) is 16.0. The van der Waals surface area contributed by atoms with Gasteiger partial charge in [-0.3, -0.25) is 9.48 Å². The fraction of sp³-hybridized carbons (Fsp3) is 0.438. The van der Waals surface area contributed by atoms with Gasteiger partial charge in [-0.2, -0.15) is 13.9 Å². The Bertz CT molecular complexity index is 687. The van der Waals surface area contributed by atoms with Crippen molar-refractivity contribution in [1.29, 1.82) is 0 Å². The average molecular weight is 336 g/mol. The topological polar surface area (TPSA) is 80.0 Å². The van der Waals surface area contributed by atoms with E-state index >= 15 is 0 Å². The highest BCUT2D eigenvalue weighted by atomic mass is 19.3. The van der Waals surface area contributed by atoms with Gasteiger partial charge in [-0.15, -0.1) is 0 Å². The molecule has 0 radical (unpaired) electrons. The largest absolute Gasteiger partial charge is 0.383 e. The lowest BCUT2D eigenvalue weighted by Gasteiger charge is -2.41. The second-order valence-corrected chi connectivity index (χ2v) is 6.01. The molecule has 1 aromatic heterocycles. The van der Waals surface area contributed by atoms with Crippen LogP contribution >= 0.6 is 0 Å². The van der Waals surface area contributed by atoms with Crippen LogP contribution in [0.1, 0.15) is 30.9 Å². The van der Waals surface area contributed by atoms with Crippen molar-refractivity contribution >= 4 is 5.91 Å².